The minimum absolute atomic E-state index is 0.382. The molecule has 3 aromatic rings. The van der Waals surface area contributed by atoms with Gasteiger partial charge in [0.05, 0.1) is 26.4 Å². The Bertz CT molecular complexity index is 1040. The lowest BCUT2D eigenvalue weighted by molar-refractivity contribution is 1.36. The summed E-state index contributed by atoms with van der Waals surface area (Å²) in [6.07, 6.45) is 1.56. The van der Waals surface area contributed by atoms with E-state index >= 15 is 0 Å². The monoisotopic (exact) mass is 439 g/mol. The fourth-order valence-corrected chi connectivity index (χ4v) is 3.64. The van der Waals surface area contributed by atoms with Crippen molar-refractivity contribution in [3.8, 4) is 17.3 Å². The maximum Gasteiger partial charge on any atom is 0.136 e. The maximum atomic E-state index is 9.45. The van der Waals surface area contributed by atoms with Crippen molar-refractivity contribution < 1.29 is 0 Å². The first-order valence-electron chi connectivity index (χ1n) is 7.21. The Balaban J connectivity index is 1.86. The van der Waals surface area contributed by atoms with Crippen LogP contribution in [0.5, 0.6) is 0 Å². The van der Waals surface area contributed by atoms with Gasteiger partial charge in [0, 0.05) is 22.2 Å². The summed E-state index contributed by atoms with van der Waals surface area (Å²) in [5, 5.41) is 16.8. The molecule has 1 aromatic heterocycles. The van der Waals surface area contributed by atoms with Crippen molar-refractivity contribution in [3.05, 3.63) is 73.1 Å². The Labute approximate surface area is 174 Å². The van der Waals surface area contributed by atoms with Crippen molar-refractivity contribution in [1.82, 2.24) is 4.98 Å². The molecular weight excluding hydrogens is 432 g/mol. The van der Waals surface area contributed by atoms with Crippen LogP contribution in [0.25, 0.3) is 16.8 Å². The van der Waals surface area contributed by atoms with E-state index in [1.165, 1.54) is 11.3 Å². The Kier molecular flexibility index (Phi) is 6.08. The highest BCUT2D eigenvalue weighted by Crippen LogP contribution is 2.31. The van der Waals surface area contributed by atoms with E-state index in [0.29, 0.717) is 42.1 Å². The Morgan fingerprint density at radius 1 is 1.04 bits per heavy atom. The lowest BCUT2D eigenvalue weighted by Gasteiger charge is -2.04. The van der Waals surface area contributed by atoms with Crippen LogP contribution in [0.3, 0.4) is 0 Å². The van der Waals surface area contributed by atoms with Crippen LogP contribution in [0.1, 0.15) is 5.01 Å². The molecule has 0 bridgehead atoms. The molecule has 0 atom stereocenters. The largest absolute Gasteiger partial charge is 0.359 e. The summed E-state index contributed by atoms with van der Waals surface area (Å²) in [6.45, 7) is 0. The van der Waals surface area contributed by atoms with Crippen molar-refractivity contribution in [1.29, 1.82) is 5.26 Å². The van der Waals surface area contributed by atoms with Gasteiger partial charge in [-0.2, -0.15) is 5.26 Å². The maximum absolute atomic E-state index is 9.45. The van der Waals surface area contributed by atoms with E-state index in [4.69, 9.17) is 46.4 Å². The molecule has 0 unspecified atom stereocenters. The average molecular weight is 441 g/mol. The van der Waals surface area contributed by atoms with Gasteiger partial charge in [-0.05, 0) is 30.3 Å². The molecule has 0 spiro atoms. The number of nitrogens with one attached hydrogen (secondary N) is 1. The van der Waals surface area contributed by atoms with Crippen molar-refractivity contribution in [3.63, 3.8) is 0 Å². The molecule has 2 aromatic carbocycles. The highest BCUT2D eigenvalue weighted by Gasteiger charge is 2.10. The molecular formula is C18H9Cl4N3S. The first kappa shape index (κ1) is 19.0. The van der Waals surface area contributed by atoms with E-state index < -0.39 is 0 Å². The Morgan fingerprint density at radius 2 is 1.85 bits per heavy atom. The standard InChI is InChI=1S/C18H9Cl4N3S/c19-12-2-4-16(15(22)6-12)24-8-11(7-23)18-25-17(9-26-18)10-1-3-13(20)14(21)5-10/h1-6,8-9,24H. The lowest BCUT2D eigenvalue weighted by atomic mass is 10.2. The smallest absolute Gasteiger partial charge is 0.136 e. The summed E-state index contributed by atoms with van der Waals surface area (Å²) in [7, 11) is 0. The Hall–Kier alpha value is -1.74. The second-order valence-electron chi connectivity index (χ2n) is 5.11. The number of hydrogen-bond donors (Lipinski definition) is 1. The number of benzene rings is 2. The number of hydrogen-bond acceptors (Lipinski definition) is 4. The van der Waals surface area contributed by atoms with Gasteiger partial charge in [-0.1, -0.05) is 52.5 Å². The molecule has 0 saturated heterocycles. The van der Waals surface area contributed by atoms with Crippen LogP contribution in [0.4, 0.5) is 5.69 Å². The van der Waals surface area contributed by atoms with Crippen LogP contribution in [0, 0.1) is 11.3 Å². The quantitative estimate of drug-likeness (QED) is 0.430. The third kappa shape index (κ3) is 4.32. The van der Waals surface area contributed by atoms with Crippen LogP contribution >= 0.6 is 57.7 Å². The highest BCUT2D eigenvalue weighted by molar-refractivity contribution is 7.11. The summed E-state index contributed by atoms with van der Waals surface area (Å²) < 4.78 is 0. The zero-order valence-corrected chi connectivity index (χ0v) is 16.8. The third-order valence-electron chi connectivity index (χ3n) is 3.37. The van der Waals surface area contributed by atoms with Crippen LogP contribution in [0.2, 0.25) is 20.1 Å². The predicted octanol–water partition coefficient (Wildman–Crippen LogP) is 7.40. The van der Waals surface area contributed by atoms with Crippen LogP contribution in [-0.2, 0) is 0 Å². The number of aromatic nitrogens is 1. The van der Waals surface area contributed by atoms with Gasteiger partial charge in [0.1, 0.15) is 16.6 Å². The van der Waals surface area contributed by atoms with Gasteiger partial charge in [-0.3, -0.25) is 0 Å². The Morgan fingerprint density at radius 3 is 2.54 bits per heavy atom. The van der Waals surface area contributed by atoms with Crippen molar-refractivity contribution in [2.75, 3.05) is 5.32 Å². The second kappa shape index (κ2) is 8.30. The van der Waals surface area contributed by atoms with Crippen LogP contribution in [-0.4, -0.2) is 4.98 Å². The number of allylic oxidation sites excluding steroid dienone is 1. The van der Waals surface area contributed by atoms with Crippen LogP contribution < -0.4 is 5.32 Å². The number of halogens is 4. The van der Waals surface area contributed by atoms with E-state index in [-0.39, 0.29) is 0 Å². The molecule has 0 amide bonds. The number of rotatable bonds is 4. The van der Waals surface area contributed by atoms with Gasteiger partial charge >= 0.3 is 0 Å². The van der Waals surface area contributed by atoms with Crippen molar-refractivity contribution in [2.24, 2.45) is 0 Å². The molecule has 1 N–H and O–H groups in total. The number of thiazole rings is 1. The lowest BCUT2D eigenvalue weighted by Crippen LogP contribution is -1.92. The van der Waals surface area contributed by atoms with E-state index in [2.05, 4.69) is 16.4 Å². The van der Waals surface area contributed by atoms with E-state index in [9.17, 15) is 5.26 Å². The molecule has 0 radical (unpaired) electrons. The normalized spacial score (nSPS) is 11.3. The van der Waals surface area contributed by atoms with Gasteiger partial charge < -0.3 is 5.32 Å². The minimum Gasteiger partial charge on any atom is -0.359 e. The molecule has 0 fully saturated rings. The molecule has 0 aliphatic carbocycles. The molecule has 0 aliphatic heterocycles. The fourth-order valence-electron chi connectivity index (χ4n) is 2.08. The SMILES string of the molecule is N#CC(=CNc1ccc(Cl)cc1Cl)c1nc(-c2ccc(Cl)c(Cl)c2)cs1. The zero-order chi connectivity index (χ0) is 18.7. The molecule has 3 nitrogen and oxygen atoms in total. The summed E-state index contributed by atoms with van der Waals surface area (Å²) in [6, 6.07) is 12.5. The molecule has 0 saturated carbocycles. The van der Waals surface area contributed by atoms with Crippen molar-refractivity contribution >= 4 is 69.0 Å². The predicted molar refractivity (Wildman–Crippen MR) is 111 cm³/mol. The second-order valence-corrected chi connectivity index (χ2v) is 7.62. The van der Waals surface area contributed by atoms with Gasteiger partial charge in [-0.25, -0.2) is 4.98 Å². The molecule has 0 aliphatic rings. The molecule has 3 rings (SSSR count). The topological polar surface area (TPSA) is 48.7 Å². The first-order chi connectivity index (χ1) is 12.5. The van der Waals surface area contributed by atoms with Gasteiger partial charge in [0.25, 0.3) is 0 Å². The third-order valence-corrected chi connectivity index (χ3v) is 5.54. The molecule has 130 valence electrons. The van der Waals surface area contributed by atoms with Gasteiger partial charge in [-0.15, -0.1) is 11.3 Å². The minimum atomic E-state index is 0.382. The van der Waals surface area contributed by atoms with Gasteiger partial charge in [0.2, 0.25) is 0 Å². The summed E-state index contributed by atoms with van der Waals surface area (Å²) in [4.78, 5) is 4.50. The van der Waals surface area contributed by atoms with E-state index in [1.807, 2.05) is 11.4 Å². The summed E-state index contributed by atoms with van der Waals surface area (Å²) in [5.74, 6) is 0. The fraction of sp³-hybridized carbons (Fsp3) is 0. The average Bonchev–Trinajstić information content (AvgIpc) is 3.09. The van der Waals surface area contributed by atoms with Crippen LogP contribution in [0.15, 0.2) is 48.0 Å². The molecule has 1 heterocycles. The van der Waals surface area contributed by atoms with Gasteiger partial charge in [0.15, 0.2) is 0 Å². The van der Waals surface area contributed by atoms with E-state index in [1.54, 1.807) is 36.5 Å². The first-order valence-corrected chi connectivity index (χ1v) is 9.60. The number of anilines is 1. The number of nitriles is 1. The summed E-state index contributed by atoms with van der Waals surface area (Å²) >= 11 is 25.3. The zero-order valence-electron chi connectivity index (χ0n) is 12.9. The summed E-state index contributed by atoms with van der Waals surface area (Å²) in [5.41, 5.74) is 2.57. The number of nitrogens with zero attached hydrogens (tertiary/aromatic N) is 2. The molecule has 26 heavy (non-hydrogen) atoms. The molecule has 8 heteroatoms. The highest BCUT2D eigenvalue weighted by atomic mass is 35.5. The van der Waals surface area contributed by atoms with E-state index in [0.717, 1.165) is 5.56 Å². The van der Waals surface area contributed by atoms with Crippen molar-refractivity contribution in [2.45, 2.75) is 0 Å².